The van der Waals surface area contributed by atoms with Crippen molar-refractivity contribution in [3.05, 3.63) is 0 Å². The Balaban J connectivity index is 2.35. The van der Waals surface area contributed by atoms with Crippen molar-refractivity contribution in [3.8, 4) is 0 Å². The third kappa shape index (κ3) is 3.56. The molecule has 0 saturated heterocycles. The largest absolute Gasteiger partial charge is 0.338 e. The van der Waals surface area contributed by atoms with Crippen molar-refractivity contribution in [2.75, 3.05) is 13.1 Å². The van der Waals surface area contributed by atoms with Gasteiger partial charge in [0.2, 0.25) is 0 Å². The van der Waals surface area contributed by atoms with E-state index >= 15 is 0 Å². The highest BCUT2D eigenvalue weighted by Crippen LogP contribution is 2.30. The topological polar surface area (TPSA) is 32.3 Å². The van der Waals surface area contributed by atoms with E-state index in [9.17, 15) is 4.79 Å². The average molecular weight is 198 g/mol. The minimum atomic E-state index is 0.105. The van der Waals surface area contributed by atoms with Crippen LogP contribution in [0.1, 0.15) is 40.0 Å². The summed E-state index contributed by atoms with van der Waals surface area (Å²) in [5.41, 5.74) is 0. The molecule has 1 aliphatic carbocycles. The first-order chi connectivity index (χ1) is 6.65. The van der Waals surface area contributed by atoms with E-state index in [1.807, 2.05) is 4.90 Å². The van der Waals surface area contributed by atoms with Crippen molar-refractivity contribution in [1.29, 1.82) is 0 Å². The summed E-state index contributed by atoms with van der Waals surface area (Å²) in [4.78, 5) is 13.7. The van der Waals surface area contributed by atoms with Gasteiger partial charge in [-0.25, -0.2) is 4.79 Å². The van der Waals surface area contributed by atoms with E-state index in [0.717, 1.165) is 25.4 Å². The molecule has 0 unspecified atom stereocenters. The molecule has 0 aromatic carbocycles. The molecule has 1 saturated carbocycles. The summed E-state index contributed by atoms with van der Waals surface area (Å²) in [7, 11) is 0. The second kappa shape index (κ2) is 5.23. The molecule has 2 amide bonds. The normalized spacial score (nSPS) is 15.7. The number of urea groups is 1. The number of carbonyl (C=O) groups excluding carboxylic acids is 1. The van der Waals surface area contributed by atoms with Gasteiger partial charge in [-0.2, -0.15) is 0 Å². The molecular formula is C11H22N2O. The first-order valence-corrected chi connectivity index (χ1v) is 5.69. The lowest BCUT2D eigenvalue weighted by Gasteiger charge is -2.26. The van der Waals surface area contributed by atoms with Crippen LogP contribution in [0.4, 0.5) is 4.79 Å². The maximum Gasteiger partial charge on any atom is 0.317 e. The second-order valence-electron chi connectivity index (χ2n) is 4.42. The molecule has 3 heteroatoms. The van der Waals surface area contributed by atoms with E-state index in [4.69, 9.17) is 0 Å². The Kier molecular flexibility index (Phi) is 4.23. The summed E-state index contributed by atoms with van der Waals surface area (Å²) in [6.07, 6.45) is 3.59. The van der Waals surface area contributed by atoms with Crippen LogP contribution in [0, 0.1) is 5.92 Å². The smallest absolute Gasteiger partial charge is 0.317 e. The van der Waals surface area contributed by atoms with Gasteiger partial charge in [-0.15, -0.1) is 0 Å². The molecule has 0 spiro atoms. The fraction of sp³-hybridized carbons (Fsp3) is 0.909. The molecule has 1 aliphatic rings. The molecule has 0 heterocycles. The van der Waals surface area contributed by atoms with Crippen LogP contribution in [-0.2, 0) is 0 Å². The van der Waals surface area contributed by atoms with E-state index in [2.05, 4.69) is 26.1 Å². The first kappa shape index (κ1) is 11.3. The molecule has 1 N–H and O–H groups in total. The maximum atomic E-state index is 11.7. The van der Waals surface area contributed by atoms with Crippen molar-refractivity contribution in [3.63, 3.8) is 0 Å². The Morgan fingerprint density at radius 1 is 1.50 bits per heavy atom. The van der Waals surface area contributed by atoms with Gasteiger partial charge in [-0.1, -0.05) is 6.92 Å². The van der Waals surface area contributed by atoms with E-state index in [1.54, 1.807) is 0 Å². The molecule has 0 radical (unpaired) electrons. The standard InChI is InChI=1S/C11H22N2O/c1-4-7-12-11(14)13(9(2)3)8-10-5-6-10/h9-10H,4-8H2,1-3H3,(H,12,14). The van der Waals surface area contributed by atoms with Gasteiger partial charge in [-0.05, 0) is 39.0 Å². The first-order valence-electron chi connectivity index (χ1n) is 5.69. The lowest BCUT2D eigenvalue weighted by Crippen LogP contribution is -2.45. The van der Waals surface area contributed by atoms with Crippen LogP contribution in [0.25, 0.3) is 0 Å². The van der Waals surface area contributed by atoms with E-state index in [1.165, 1.54) is 12.8 Å². The summed E-state index contributed by atoms with van der Waals surface area (Å²) in [6, 6.07) is 0.418. The predicted octanol–water partition coefficient (Wildman–Crippen LogP) is 2.23. The Morgan fingerprint density at radius 3 is 2.57 bits per heavy atom. The van der Waals surface area contributed by atoms with Crippen LogP contribution in [0.5, 0.6) is 0 Å². The quantitative estimate of drug-likeness (QED) is 0.722. The number of nitrogens with one attached hydrogen (secondary N) is 1. The summed E-state index contributed by atoms with van der Waals surface area (Å²) in [6.45, 7) is 7.95. The van der Waals surface area contributed by atoms with E-state index in [-0.39, 0.29) is 6.03 Å². The van der Waals surface area contributed by atoms with Gasteiger partial charge in [-0.3, -0.25) is 0 Å². The third-order valence-corrected chi connectivity index (χ3v) is 2.56. The lowest BCUT2D eigenvalue weighted by molar-refractivity contribution is 0.180. The summed E-state index contributed by atoms with van der Waals surface area (Å²) in [5, 5.41) is 2.93. The molecule has 14 heavy (non-hydrogen) atoms. The van der Waals surface area contributed by atoms with Crippen LogP contribution >= 0.6 is 0 Å². The van der Waals surface area contributed by atoms with Gasteiger partial charge in [0.1, 0.15) is 0 Å². The molecule has 3 nitrogen and oxygen atoms in total. The zero-order valence-corrected chi connectivity index (χ0v) is 9.55. The highest BCUT2D eigenvalue weighted by molar-refractivity contribution is 5.74. The van der Waals surface area contributed by atoms with Crippen LogP contribution in [0.3, 0.4) is 0 Å². The minimum absolute atomic E-state index is 0.105. The van der Waals surface area contributed by atoms with Gasteiger partial charge in [0.15, 0.2) is 0 Å². The van der Waals surface area contributed by atoms with Crippen molar-refractivity contribution >= 4 is 6.03 Å². The number of hydrogen-bond donors (Lipinski definition) is 1. The average Bonchev–Trinajstić information content (AvgIpc) is 2.93. The maximum absolute atomic E-state index is 11.7. The van der Waals surface area contributed by atoms with Crippen molar-refractivity contribution in [2.24, 2.45) is 5.92 Å². The van der Waals surface area contributed by atoms with Crippen molar-refractivity contribution < 1.29 is 4.79 Å². The number of amides is 2. The monoisotopic (exact) mass is 198 g/mol. The molecule has 0 aromatic rings. The lowest BCUT2D eigenvalue weighted by atomic mass is 10.3. The zero-order valence-electron chi connectivity index (χ0n) is 9.55. The van der Waals surface area contributed by atoms with E-state index in [0.29, 0.717) is 6.04 Å². The van der Waals surface area contributed by atoms with Crippen LogP contribution < -0.4 is 5.32 Å². The molecule has 0 aliphatic heterocycles. The Hall–Kier alpha value is -0.730. The van der Waals surface area contributed by atoms with Gasteiger partial charge in [0, 0.05) is 19.1 Å². The highest BCUT2D eigenvalue weighted by Gasteiger charge is 2.27. The molecule has 82 valence electrons. The second-order valence-corrected chi connectivity index (χ2v) is 4.42. The number of rotatable bonds is 5. The van der Waals surface area contributed by atoms with Gasteiger partial charge < -0.3 is 10.2 Å². The molecule has 1 fully saturated rings. The number of nitrogens with zero attached hydrogens (tertiary/aromatic N) is 1. The van der Waals surface area contributed by atoms with Gasteiger partial charge in [0.05, 0.1) is 0 Å². The van der Waals surface area contributed by atoms with Crippen LogP contribution in [0.15, 0.2) is 0 Å². The third-order valence-electron chi connectivity index (χ3n) is 2.56. The summed E-state index contributed by atoms with van der Waals surface area (Å²) >= 11 is 0. The number of carbonyl (C=O) groups is 1. The molecule has 0 aromatic heterocycles. The summed E-state index contributed by atoms with van der Waals surface area (Å²) in [5.74, 6) is 0.768. The van der Waals surface area contributed by atoms with Gasteiger partial charge in [0.25, 0.3) is 0 Å². The highest BCUT2D eigenvalue weighted by atomic mass is 16.2. The summed E-state index contributed by atoms with van der Waals surface area (Å²) < 4.78 is 0. The van der Waals surface area contributed by atoms with E-state index < -0.39 is 0 Å². The van der Waals surface area contributed by atoms with Crippen LogP contribution in [-0.4, -0.2) is 30.1 Å². The predicted molar refractivity (Wildman–Crippen MR) is 58.3 cm³/mol. The minimum Gasteiger partial charge on any atom is -0.338 e. The Morgan fingerprint density at radius 2 is 2.14 bits per heavy atom. The molecular weight excluding hydrogens is 176 g/mol. The zero-order chi connectivity index (χ0) is 10.6. The Labute approximate surface area is 86.9 Å². The Bertz CT molecular complexity index is 188. The van der Waals surface area contributed by atoms with Crippen molar-refractivity contribution in [1.82, 2.24) is 10.2 Å². The molecule has 0 bridgehead atoms. The van der Waals surface area contributed by atoms with Crippen LogP contribution in [0.2, 0.25) is 0 Å². The molecule has 0 atom stereocenters. The van der Waals surface area contributed by atoms with Gasteiger partial charge >= 0.3 is 6.03 Å². The fourth-order valence-electron chi connectivity index (χ4n) is 1.44. The van der Waals surface area contributed by atoms with Crippen molar-refractivity contribution in [2.45, 2.75) is 46.1 Å². The molecule has 1 rings (SSSR count). The number of hydrogen-bond acceptors (Lipinski definition) is 1. The SMILES string of the molecule is CCCNC(=O)N(CC1CC1)C(C)C. The fourth-order valence-corrected chi connectivity index (χ4v) is 1.44.